The van der Waals surface area contributed by atoms with Crippen molar-refractivity contribution in [2.75, 3.05) is 65.9 Å². The van der Waals surface area contributed by atoms with Crippen LogP contribution in [-0.2, 0) is 23.7 Å². The van der Waals surface area contributed by atoms with Gasteiger partial charge in [0.15, 0.2) is 0 Å². The van der Waals surface area contributed by atoms with E-state index in [0.29, 0.717) is 65.9 Å². The van der Waals surface area contributed by atoms with Crippen LogP contribution in [0.1, 0.15) is 20.8 Å². The summed E-state index contributed by atoms with van der Waals surface area (Å²) in [4.78, 5) is 14.0. The third-order valence-corrected chi connectivity index (χ3v) is 2.43. The molecule has 146 valence electrons. The van der Waals surface area contributed by atoms with Gasteiger partial charge in [-0.25, -0.2) is 4.79 Å². The average Bonchev–Trinajstić information content (AvgIpc) is 2.53. The summed E-state index contributed by atoms with van der Waals surface area (Å²) in [5.74, 6) is 0. The molecule has 0 atom stereocenters. The second-order valence-electron chi connectivity index (χ2n) is 5.83. The lowest BCUT2D eigenvalue weighted by molar-refractivity contribution is -0.00100. The highest BCUT2D eigenvalue weighted by atomic mass is 16.6. The molecule has 0 bridgehead atoms. The van der Waals surface area contributed by atoms with E-state index in [2.05, 4.69) is 15.3 Å². The Labute approximate surface area is 148 Å². The summed E-state index contributed by atoms with van der Waals surface area (Å²) < 4.78 is 26.2. The van der Waals surface area contributed by atoms with Crippen LogP contribution in [0.25, 0.3) is 10.4 Å². The standard InChI is InChI=1S/C15H30N4O6/c1-15(2,3)25-14(20)17-4-6-21-8-10-23-12-13-24-11-9-22-7-5-18-19-16/h4-13H2,1-3H3,(H,17,20). The molecule has 0 rings (SSSR count). The number of alkyl carbamates (subject to hydrolysis) is 1. The molecule has 25 heavy (non-hydrogen) atoms. The van der Waals surface area contributed by atoms with Crippen molar-refractivity contribution in [3.63, 3.8) is 0 Å². The van der Waals surface area contributed by atoms with Crippen LogP contribution < -0.4 is 5.32 Å². The molecule has 0 aliphatic rings. The molecule has 0 spiro atoms. The van der Waals surface area contributed by atoms with Crippen LogP contribution in [0.15, 0.2) is 5.11 Å². The molecule has 10 heteroatoms. The number of hydrogen-bond donors (Lipinski definition) is 1. The first kappa shape index (κ1) is 23.4. The van der Waals surface area contributed by atoms with Crippen molar-refractivity contribution >= 4 is 6.09 Å². The molecule has 0 radical (unpaired) electrons. The summed E-state index contributed by atoms with van der Waals surface area (Å²) in [5.41, 5.74) is 7.56. The fourth-order valence-corrected chi connectivity index (χ4v) is 1.45. The number of carbonyl (C=O) groups is 1. The molecule has 0 aromatic rings. The van der Waals surface area contributed by atoms with E-state index in [-0.39, 0.29) is 0 Å². The molecule has 0 unspecified atom stereocenters. The van der Waals surface area contributed by atoms with Crippen molar-refractivity contribution in [2.24, 2.45) is 5.11 Å². The van der Waals surface area contributed by atoms with Gasteiger partial charge >= 0.3 is 6.09 Å². The zero-order valence-corrected chi connectivity index (χ0v) is 15.4. The zero-order valence-electron chi connectivity index (χ0n) is 15.4. The second kappa shape index (κ2) is 15.9. The molecule has 0 aromatic heterocycles. The minimum atomic E-state index is -0.501. The summed E-state index contributed by atoms with van der Waals surface area (Å²) >= 11 is 0. The fraction of sp³-hybridized carbons (Fsp3) is 0.933. The van der Waals surface area contributed by atoms with Crippen LogP contribution >= 0.6 is 0 Å². The third kappa shape index (κ3) is 20.4. The van der Waals surface area contributed by atoms with Gasteiger partial charge in [0.25, 0.3) is 0 Å². The van der Waals surface area contributed by atoms with Gasteiger partial charge in [0.05, 0.1) is 52.9 Å². The maximum absolute atomic E-state index is 11.4. The van der Waals surface area contributed by atoms with Crippen molar-refractivity contribution in [1.29, 1.82) is 0 Å². The summed E-state index contributed by atoms with van der Waals surface area (Å²) in [6, 6.07) is 0. The Bertz CT molecular complexity index is 383. The molecule has 0 saturated heterocycles. The number of azide groups is 1. The van der Waals surface area contributed by atoms with Crippen molar-refractivity contribution in [2.45, 2.75) is 26.4 Å². The Morgan fingerprint density at radius 2 is 1.40 bits per heavy atom. The summed E-state index contributed by atoms with van der Waals surface area (Å²) in [7, 11) is 0. The van der Waals surface area contributed by atoms with Crippen LogP contribution in [0.3, 0.4) is 0 Å². The Morgan fingerprint density at radius 1 is 0.920 bits per heavy atom. The summed E-state index contributed by atoms with van der Waals surface area (Å²) in [6.45, 7) is 9.69. The predicted octanol–water partition coefficient (Wildman–Crippen LogP) is 1.89. The lowest BCUT2D eigenvalue weighted by atomic mass is 10.2. The van der Waals surface area contributed by atoms with E-state index in [1.807, 2.05) is 20.8 Å². The Hall–Kier alpha value is -1.58. The quantitative estimate of drug-likeness (QED) is 0.205. The molecule has 10 nitrogen and oxygen atoms in total. The Morgan fingerprint density at radius 3 is 1.88 bits per heavy atom. The monoisotopic (exact) mass is 362 g/mol. The van der Waals surface area contributed by atoms with Crippen LogP contribution in [0.5, 0.6) is 0 Å². The predicted molar refractivity (Wildman–Crippen MR) is 91.5 cm³/mol. The maximum Gasteiger partial charge on any atom is 0.407 e. The average molecular weight is 362 g/mol. The number of nitrogens with zero attached hydrogens (tertiary/aromatic N) is 3. The molecule has 1 amide bonds. The minimum absolute atomic E-state index is 0.326. The van der Waals surface area contributed by atoms with E-state index < -0.39 is 11.7 Å². The van der Waals surface area contributed by atoms with Gasteiger partial charge < -0.3 is 29.0 Å². The van der Waals surface area contributed by atoms with Crippen molar-refractivity contribution < 1.29 is 28.5 Å². The lowest BCUT2D eigenvalue weighted by Gasteiger charge is -2.19. The second-order valence-corrected chi connectivity index (χ2v) is 5.83. The van der Waals surface area contributed by atoms with Gasteiger partial charge in [-0.05, 0) is 26.3 Å². The number of ether oxygens (including phenoxy) is 5. The van der Waals surface area contributed by atoms with Gasteiger partial charge in [-0.2, -0.15) is 0 Å². The van der Waals surface area contributed by atoms with E-state index in [4.69, 9.17) is 29.2 Å². The highest BCUT2D eigenvalue weighted by Gasteiger charge is 2.15. The van der Waals surface area contributed by atoms with Gasteiger partial charge in [0, 0.05) is 18.0 Å². The normalized spacial score (nSPS) is 11.0. The van der Waals surface area contributed by atoms with E-state index >= 15 is 0 Å². The van der Waals surface area contributed by atoms with Crippen molar-refractivity contribution in [3.05, 3.63) is 10.4 Å². The van der Waals surface area contributed by atoms with Crippen LogP contribution in [0, 0.1) is 0 Å². The van der Waals surface area contributed by atoms with Gasteiger partial charge in [-0.15, -0.1) is 0 Å². The number of carbonyl (C=O) groups excluding carboxylic acids is 1. The van der Waals surface area contributed by atoms with Crippen LogP contribution in [0.4, 0.5) is 4.79 Å². The molecule has 0 fully saturated rings. The molecule has 1 N–H and O–H groups in total. The molecule has 0 aromatic carbocycles. The van der Waals surface area contributed by atoms with E-state index in [0.717, 1.165) is 0 Å². The van der Waals surface area contributed by atoms with E-state index in [1.165, 1.54) is 0 Å². The highest BCUT2D eigenvalue weighted by molar-refractivity contribution is 5.67. The fourth-order valence-electron chi connectivity index (χ4n) is 1.45. The highest BCUT2D eigenvalue weighted by Crippen LogP contribution is 2.05. The summed E-state index contributed by atoms with van der Waals surface area (Å²) in [6.07, 6.45) is -0.453. The third-order valence-electron chi connectivity index (χ3n) is 2.43. The largest absolute Gasteiger partial charge is 0.444 e. The van der Waals surface area contributed by atoms with Gasteiger partial charge in [-0.1, -0.05) is 5.11 Å². The minimum Gasteiger partial charge on any atom is -0.444 e. The first-order chi connectivity index (χ1) is 12.0. The van der Waals surface area contributed by atoms with Gasteiger partial charge in [0.1, 0.15) is 5.60 Å². The van der Waals surface area contributed by atoms with Crippen molar-refractivity contribution in [1.82, 2.24) is 5.32 Å². The molecule has 0 heterocycles. The topological polar surface area (TPSA) is 124 Å². The molecular weight excluding hydrogens is 332 g/mol. The summed E-state index contributed by atoms with van der Waals surface area (Å²) in [5, 5.41) is 5.95. The van der Waals surface area contributed by atoms with Crippen molar-refractivity contribution in [3.8, 4) is 0 Å². The molecule has 0 aliphatic heterocycles. The maximum atomic E-state index is 11.4. The first-order valence-electron chi connectivity index (χ1n) is 8.24. The first-order valence-corrected chi connectivity index (χ1v) is 8.24. The van der Waals surface area contributed by atoms with E-state index in [1.54, 1.807) is 0 Å². The smallest absolute Gasteiger partial charge is 0.407 e. The van der Waals surface area contributed by atoms with Crippen LogP contribution in [-0.4, -0.2) is 77.6 Å². The molecular formula is C15H30N4O6. The molecule has 0 aliphatic carbocycles. The number of rotatable bonds is 15. The Kier molecular flexibility index (Phi) is 14.9. The SMILES string of the molecule is CC(C)(C)OC(=O)NCCOCCOCCOCCOCCN=[N+]=[N-]. The zero-order chi connectivity index (χ0) is 18.8. The van der Waals surface area contributed by atoms with E-state index in [9.17, 15) is 4.79 Å². The number of nitrogens with one attached hydrogen (secondary N) is 1. The number of amides is 1. The lowest BCUT2D eigenvalue weighted by Crippen LogP contribution is -2.34. The van der Waals surface area contributed by atoms with Gasteiger partial charge in [-0.3, -0.25) is 0 Å². The number of hydrogen-bond acceptors (Lipinski definition) is 7. The Balaban J connectivity index is 3.16. The van der Waals surface area contributed by atoms with Crippen LogP contribution in [0.2, 0.25) is 0 Å². The molecule has 0 saturated carbocycles. The van der Waals surface area contributed by atoms with Gasteiger partial charge in [0.2, 0.25) is 0 Å².